The van der Waals surface area contributed by atoms with E-state index >= 15 is 0 Å². The van der Waals surface area contributed by atoms with E-state index in [1.807, 2.05) is 30.3 Å². The lowest BCUT2D eigenvalue weighted by molar-refractivity contribution is -0.105. The molecule has 2 aromatic carbocycles. The van der Waals surface area contributed by atoms with Gasteiger partial charge in [0.15, 0.2) is 0 Å². The second-order valence-corrected chi connectivity index (χ2v) is 6.32. The summed E-state index contributed by atoms with van der Waals surface area (Å²) in [7, 11) is 0. The summed E-state index contributed by atoms with van der Waals surface area (Å²) in [5, 5.41) is 5.07. The lowest BCUT2D eigenvalue weighted by Crippen LogP contribution is -2.14. The number of benzene rings is 2. The number of halogens is 1. The molecule has 0 atom stereocenters. The fraction of sp³-hybridized carbons (Fsp3) is 0.0476. The molecular formula is C21H16FN5O3. The van der Waals surface area contributed by atoms with Gasteiger partial charge in [-0.25, -0.2) is 19.2 Å². The summed E-state index contributed by atoms with van der Waals surface area (Å²) < 4.78 is 21.0. The Labute approximate surface area is 170 Å². The third kappa shape index (κ3) is 4.25. The quantitative estimate of drug-likeness (QED) is 0.475. The monoisotopic (exact) mass is 405 g/mol. The van der Waals surface area contributed by atoms with Crippen molar-refractivity contribution in [3.05, 3.63) is 78.5 Å². The van der Waals surface area contributed by atoms with Gasteiger partial charge in [0, 0.05) is 23.6 Å². The van der Waals surface area contributed by atoms with E-state index in [9.17, 15) is 14.0 Å². The smallest absolute Gasteiger partial charge is 0.412 e. The molecule has 2 N–H and O–H groups in total. The molecule has 0 saturated heterocycles. The predicted octanol–water partition coefficient (Wildman–Crippen LogP) is 3.85. The number of nitrogens with one attached hydrogen (secondary N) is 2. The molecule has 150 valence electrons. The molecule has 2 heterocycles. The van der Waals surface area contributed by atoms with Crippen LogP contribution in [0.1, 0.15) is 5.56 Å². The summed E-state index contributed by atoms with van der Waals surface area (Å²) in [6.07, 6.45) is 4.48. The van der Waals surface area contributed by atoms with Crippen molar-refractivity contribution in [2.24, 2.45) is 0 Å². The number of carbonyl (C=O) groups excluding carboxylic acids is 2. The molecular weight excluding hydrogens is 389 g/mol. The first-order chi connectivity index (χ1) is 14.6. The Bertz CT molecular complexity index is 1210. The van der Waals surface area contributed by atoms with Crippen LogP contribution < -0.4 is 10.6 Å². The molecule has 4 aromatic rings. The number of hydrogen-bond acceptors (Lipinski definition) is 5. The van der Waals surface area contributed by atoms with Crippen LogP contribution in [0.4, 0.5) is 20.6 Å². The van der Waals surface area contributed by atoms with Crippen LogP contribution >= 0.6 is 0 Å². The Morgan fingerprint density at radius 1 is 1.13 bits per heavy atom. The van der Waals surface area contributed by atoms with Crippen molar-refractivity contribution in [2.75, 3.05) is 10.6 Å². The van der Waals surface area contributed by atoms with Gasteiger partial charge in [-0.05, 0) is 23.8 Å². The van der Waals surface area contributed by atoms with Gasteiger partial charge in [0.05, 0.1) is 17.6 Å². The highest BCUT2D eigenvalue weighted by Crippen LogP contribution is 2.25. The van der Waals surface area contributed by atoms with Gasteiger partial charge >= 0.3 is 6.09 Å². The molecule has 0 fully saturated rings. The van der Waals surface area contributed by atoms with Crippen molar-refractivity contribution in [3.63, 3.8) is 0 Å². The van der Waals surface area contributed by atoms with E-state index in [1.165, 1.54) is 24.4 Å². The van der Waals surface area contributed by atoms with Gasteiger partial charge in [0.25, 0.3) is 0 Å². The summed E-state index contributed by atoms with van der Waals surface area (Å²) in [5.41, 5.74) is 2.24. The molecule has 0 unspecified atom stereocenters. The fourth-order valence-corrected chi connectivity index (χ4v) is 2.84. The average Bonchev–Trinajstić information content (AvgIpc) is 3.18. The molecule has 0 aliphatic heterocycles. The van der Waals surface area contributed by atoms with E-state index in [0.29, 0.717) is 29.3 Å². The number of fused-ring (bicyclic) bond motifs is 1. The second-order valence-electron chi connectivity index (χ2n) is 6.32. The van der Waals surface area contributed by atoms with Crippen LogP contribution in [0.5, 0.6) is 0 Å². The number of nitrogens with zero attached hydrogens (tertiary/aromatic N) is 3. The van der Waals surface area contributed by atoms with Gasteiger partial charge < -0.3 is 10.1 Å². The standard InChI is InChI=1S/C21H16FN5O3/c22-18-7-6-15(24-13-28)8-17(18)19-11-27-10-16(9-23-20(27)26-19)25-21(29)30-12-14-4-2-1-3-5-14/h1-11,13H,12H2,(H,24,28)(H,25,29). The van der Waals surface area contributed by atoms with Crippen LogP contribution in [0.25, 0.3) is 17.0 Å². The Morgan fingerprint density at radius 3 is 2.77 bits per heavy atom. The normalized spacial score (nSPS) is 10.6. The van der Waals surface area contributed by atoms with E-state index in [-0.39, 0.29) is 12.2 Å². The molecule has 0 bridgehead atoms. The highest BCUT2D eigenvalue weighted by Gasteiger charge is 2.12. The average molecular weight is 405 g/mol. The van der Waals surface area contributed by atoms with Gasteiger partial charge in [0.2, 0.25) is 12.2 Å². The first kappa shape index (κ1) is 19.1. The number of anilines is 2. The summed E-state index contributed by atoms with van der Waals surface area (Å²) in [5.74, 6) is -0.168. The number of ether oxygens (including phenoxy) is 1. The van der Waals surface area contributed by atoms with Gasteiger partial charge in [0.1, 0.15) is 12.4 Å². The van der Waals surface area contributed by atoms with E-state index in [2.05, 4.69) is 20.6 Å². The summed E-state index contributed by atoms with van der Waals surface area (Å²) in [6, 6.07) is 13.5. The molecule has 0 spiro atoms. The third-order valence-corrected chi connectivity index (χ3v) is 4.24. The highest BCUT2D eigenvalue weighted by molar-refractivity contribution is 5.84. The molecule has 0 saturated carbocycles. The number of imidazole rings is 1. The largest absolute Gasteiger partial charge is 0.444 e. The first-order valence-corrected chi connectivity index (χ1v) is 8.95. The molecule has 30 heavy (non-hydrogen) atoms. The fourth-order valence-electron chi connectivity index (χ4n) is 2.84. The lowest BCUT2D eigenvalue weighted by atomic mass is 10.1. The molecule has 2 amide bonds. The molecule has 0 aliphatic carbocycles. The third-order valence-electron chi connectivity index (χ3n) is 4.24. The van der Waals surface area contributed by atoms with E-state index in [0.717, 1.165) is 5.56 Å². The van der Waals surface area contributed by atoms with Crippen LogP contribution in [0.3, 0.4) is 0 Å². The molecule has 9 heteroatoms. The second kappa shape index (κ2) is 8.39. The summed E-state index contributed by atoms with van der Waals surface area (Å²) in [6.45, 7) is 0.141. The predicted molar refractivity (Wildman–Crippen MR) is 108 cm³/mol. The van der Waals surface area contributed by atoms with Crippen LogP contribution in [0.15, 0.2) is 67.1 Å². The Morgan fingerprint density at radius 2 is 1.97 bits per heavy atom. The van der Waals surface area contributed by atoms with Gasteiger partial charge in [-0.15, -0.1) is 0 Å². The summed E-state index contributed by atoms with van der Waals surface area (Å²) >= 11 is 0. The van der Waals surface area contributed by atoms with Crippen molar-refractivity contribution in [1.82, 2.24) is 14.4 Å². The zero-order chi connectivity index (χ0) is 20.9. The maximum atomic E-state index is 14.2. The first-order valence-electron chi connectivity index (χ1n) is 8.95. The Kier molecular flexibility index (Phi) is 5.33. The van der Waals surface area contributed by atoms with Crippen molar-refractivity contribution in [3.8, 4) is 11.3 Å². The number of amides is 2. The maximum Gasteiger partial charge on any atom is 0.412 e. The van der Waals surface area contributed by atoms with Crippen molar-refractivity contribution >= 4 is 29.7 Å². The van der Waals surface area contributed by atoms with Crippen molar-refractivity contribution in [2.45, 2.75) is 6.61 Å². The number of hydrogen-bond donors (Lipinski definition) is 2. The number of aromatic nitrogens is 3. The minimum Gasteiger partial charge on any atom is -0.444 e. The van der Waals surface area contributed by atoms with Crippen LogP contribution in [0.2, 0.25) is 0 Å². The topological polar surface area (TPSA) is 97.6 Å². The highest BCUT2D eigenvalue weighted by atomic mass is 19.1. The SMILES string of the molecule is O=CNc1ccc(F)c(-c2cn3cc(NC(=O)OCc4ccccc4)cnc3n2)c1. The zero-order valence-electron chi connectivity index (χ0n) is 15.6. The maximum absolute atomic E-state index is 14.2. The molecule has 0 aliphatic rings. The molecule has 8 nitrogen and oxygen atoms in total. The zero-order valence-corrected chi connectivity index (χ0v) is 15.6. The summed E-state index contributed by atoms with van der Waals surface area (Å²) in [4.78, 5) is 31.1. The van der Waals surface area contributed by atoms with Crippen molar-refractivity contribution < 1.29 is 18.7 Å². The molecule has 2 aromatic heterocycles. The van der Waals surface area contributed by atoms with E-state index in [1.54, 1.807) is 16.8 Å². The lowest BCUT2D eigenvalue weighted by Gasteiger charge is -2.07. The van der Waals surface area contributed by atoms with Crippen molar-refractivity contribution in [1.29, 1.82) is 0 Å². The minimum atomic E-state index is -0.626. The molecule has 4 rings (SSSR count). The molecule has 0 radical (unpaired) electrons. The Hall–Kier alpha value is -4.27. The van der Waals surface area contributed by atoms with E-state index in [4.69, 9.17) is 4.74 Å². The van der Waals surface area contributed by atoms with Gasteiger partial charge in [-0.1, -0.05) is 30.3 Å². The number of rotatable bonds is 6. The van der Waals surface area contributed by atoms with Crippen LogP contribution in [-0.2, 0) is 16.1 Å². The number of carbonyl (C=O) groups is 2. The Balaban J connectivity index is 1.51. The van der Waals surface area contributed by atoms with E-state index < -0.39 is 11.9 Å². The minimum absolute atomic E-state index is 0.141. The van der Waals surface area contributed by atoms with Crippen LogP contribution in [0, 0.1) is 5.82 Å². The van der Waals surface area contributed by atoms with Crippen LogP contribution in [-0.4, -0.2) is 26.9 Å². The van der Waals surface area contributed by atoms with Gasteiger partial charge in [-0.2, -0.15) is 0 Å². The van der Waals surface area contributed by atoms with Gasteiger partial charge in [-0.3, -0.25) is 14.5 Å².